The zero-order valence-corrected chi connectivity index (χ0v) is 14.5. The number of hydrogen-bond acceptors (Lipinski definition) is 5. The van der Waals surface area contributed by atoms with Crippen molar-refractivity contribution in [3.8, 4) is 0 Å². The zero-order valence-electron chi connectivity index (χ0n) is 14.5. The highest BCUT2D eigenvalue weighted by atomic mass is 16.5. The second-order valence-corrected chi connectivity index (χ2v) is 6.44. The number of nitrogens with one attached hydrogen (secondary N) is 1. The molecule has 2 aromatic rings. The molecule has 3 heterocycles. The quantitative estimate of drug-likeness (QED) is 0.808. The maximum atomic E-state index is 12.1. The van der Waals surface area contributed by atoms with Gasteiger partial charge in [-0.25, -0.2) is 4.79 Å². The predicted octanol–water partition coefficient (Wildman–Crippen LogP) is 0.921. The summed E-state index contributed by atoms with van der Waals surface area (Å²) in [5.74, 6) is 0. The van der Waals surface area contributed by atoms with Crippen molar-refractivity contribution in [1.29, 1.82) is 0 Å². The summed E-state index contributed by atoms with van der Waals surface area (Å²) in [6.45, 7) is 4.88. The highest BCUT2D eigenvalue weighted by Crippen LogP contribution is 2.14. The van der Waals surface area contributed by atoms with Crippen molar-refractivity contribution in [3.05, 3.63) is 62.7 Å². The van der Waals surface area contributed by atoms with Crippen LogP contribution in [0.4, 0.5) is 0 Å². The summed E-state index contributed by atoms with van der Waals surface area (Å²) in [4.78, 5) is 33.3. The molecule has 0 radical (unpaired) electrons. The molecule has 1 unspecified atom stereocenters. The van der Waals surface area contributed by atoms with Crippen LogP contribution in [0, 0.1) is 6.92 Å². The summed E-state index contributed by atoms with van der Waals surface area (Å²) >= 11 is 0. The van der Waals surface area contributed by atoms with E-state index in [1.54, 1.807) is 13.1 Å². The van der Waals surface area contributed by atoms with Crippen molar-refractivity contribution in [2.45, 2.75) is 39.0 Å². The maximum absolute atomic E-state index is 12.1. The molecule has 1 fully saturated rings. The Kier molecular flexibility index (Phi) is 5.78. The van der Waals surface area contributed by atoms with Gasteiger partial charge in [-0.05, 0) is 31.9 Å². The molecule has 134 valence electrons. The molecular weight excluding hydrogens is 320 g/mol. The summed E-state index contributed by atoms with van der Waals surface area (Å²) < 4.78 is 6.98. The Bertz CT molecular complexity index is 763. The third-order valence-corrected chi connectivity index (χ3v) is 4.39. The van der Waals surface area contributed by atoms with E-state index in [9.17, 15) is 9.59 Å². The van der Waals surface area contributed by atoms with Gasteiger partial charge in [0.15, 0.2) is 0 Å². The molecule has 0 aliphatic carbocycles. The van der Waals surface area contributed by atoms with E-state index < -0.39 is 0 Å². The molecule has 7 nitrogen and oxygen atoms in total. The summed E-state index contributed by atoms with van der Waals surface area (Å²) in [5, 5.41) is 0. The number of nitrogens with zero attached hydrogens (tertiary/aromatic N) is 3. The van der Waals surface area contributed by atoms with Crippen LogP contribution in [-0.4, -0.2) is 45.2 Å². The predicted molar refractivity (Wildman–Crippen MR) is 94.5 cm³/mol. The van der Waals surface area contributed by atoms with Crippen LogP contribution in [-0.2, 0) is 17.8 Å². The van der Waals surface area contributed by atoms with Crippen molar-refractivity contribution >= 4 is 0 Å². The normalized spacial score (nSPS) is 17.3. The van der Waals surface area contributed by atoms with E-state index >= 15 is 0 Å². The van der Waals surface area contributed by atoms with Gasteiger partial charge in [0.1, 0.15) is 0 Å². The fourth-order valence-electron chi connectivity index (χ4n) is 3.12. The molecule has 0 spiro atoms. The zero-order chi connectivity index (χ0) is 17.6. The lowest BCUT2D eigenvalue weighted by molar-refractivity contribution is 0.0686. The third kappa shape index (κ3) is 4.87. The number of aryl methyl sites for hydroxylation is 1. The molecule has 0 bridgehead atoms. The molecule has 1 N–H and O–H groups in total. The van der Waals surface area contributed by atoms with E-state index in [2.05, 4.69) is 14.9 Å². The average Bonchev–Trinajstić information content (AvgIpc) is 3.07. The lowest BCUT2D eigenvalue weighted by Crippen LogP contribution is -2.40. The van der Waals surface area contributed by atoms with Crippen LogP contribution < -0.4 is 11.2 Å². The monoisotopic (exact) mass is 344 g/mol. The van der Waals surface area contributed by atoms with Crippen molar-refractivity contribution in [3.63, 3.8) is 0 Å². The van der Waals surface area contributed by atoms with Crippen LogP contribution in [0.2, 0.25) is 0 Å². The van der Waals surface area contributed by atoms with E-state index in [0.717, 1.165) is 31.7 Å². The number of aromatic amines is 1. The molecule has 1 aliphatic heterocycles. The molecule has 7 heteroatoms. The maximum Gasteiger partial charge on any atom is 0.328 e. The molecule has 0 aromatic carbocycles. The lowest BCUT2D eigenvalue weighted by Gasteiger charge is -2.25. The standard InChI is InChI=1S/C18H24N4O3/c1-14-11-17(23)22(18(24)20-14)9-8-21(13-16-6-4-10-25-16)12-15-5-2-3-7-19-15/h2-3,5,7,11,16H,4,6,8-10,12-13H2,1H3,(H,20,24). The summed E-state index contributed by atoms with van der Waals surface area (Å²) in [5.41, 5.74) is 0.915. The Hall–Kier alpha value is -2.25. The molecule has 1 aliphatic rings. The summed E-state index contributed by atoms with van der Waals surface area (Å²) in [6, 6.07) is 7.28. The number of pyridine rings is 1. The van der Waals surface area contributed by atoms with Crippen LogP contribution in [0.3, 0.4) is 0 Å². The van der Waals surface area contributed by atoms with Gasteiger partial charge < -0.3 is 9.72 Å². The smallest absolute Gasteiger partial charge is 0.328 e. The Morgan fingerprint density at radius 1 is 1.40 bits per heavy atom. The fraction of sp³-hybridized carbons (Fsp3) is 0.500. The van der Waals surface area contributed by atoms with Crippen LogP contribution in [0.15, 0.2) is 40.1 Å². The van der Waals surface area contributed by atoms with Gasteiger partial charge in [0.25, 0.3) is 5.56 Å². The first-order valence-electron chi connectivity index (χ1n) is 8.66. The van der Waals surface area contributed by atoms with Gasteiger partial charge in [-0.2, -0.15) is 0 Å². The first kappa shape index (κ1) is 17.6. The number of hydrogen-bond donors (Lipinski definition) is 1. The molecule has 0 amide bonds. The third-order valence-electron chi connectivity index (χ3n) is 4.39. The first-order valence-corrected chi connectivity index (χ1v) is 8.66. The van der Waals surface area contributed by atoms with Gasteiger partial charge in [-0.1, -0.05) is 6.07 Å². The van der Waals surface area contributed by atoms with E-state index in [-0.39, 0.29) is 17.4 Å². The van der Waals surface area contributed by atoms with Gasteiger partial charge in [0, 0.05) is 50.7 Å². The molecule has 2 aromatic heterocycles. The summed E-state index contributed by atoms with van der Waals surface area (Å²) in [7, 11) is 0. The average molecular weight is 344 g/mol. The number of H-pyrrole nitrogens is 1. The minimum Gasteiger partial charge on any atom is -0.377 e. The van der Waals surface area contributed by atoms with E-state index in [4.69, 9.17) is 4.74 Å². The largest absolute Gasteiger partial charge is 0.377 e. The van der Waals surface area contributed by atoms with Crippen LogP contribution in [0.5, 0.6) is 0 Å². The van der Waals surface area contributed by atoms with Gasteiger partial charge in [-0.3, -0.25) is 19.2 Å². The van der Waals surface area contributed by atoms with Crippen molar-refractivity contribution < 1.29 is 4.74 Å². The molecule has 0 saturated carbocycles. The topological polar surface area (TPSA) is 80.2 Å². The minimum absolute atomic E-state index is 0.205. The Labute approximate surface area is 146 Å². The first-order chi connectivity index (χ1) is 12.1. The van der Waals surface area contributed by atoms with Crippen LogP contribution >= 0.6 is 0 Å². The highest BCUT2D eigenvalue weighted by molar-refractivity contribution is 5.03. The van der Waals surface area contributed by atoms with Crippen molar-refractivity contribution in [2.75, 3.05) is 19.7 Å². The number of aromatic nitrogens is 3. The molecular formula is C18H24N4O3. The van der Waals surface area contributed by atoms with Gasteiger partial charge >= 0.3 is 5.69 Å². The number of rotatable bonds is 7. The van der Waals surface area contributed by atoms with Crippen molar-refractivity contribution in [2.24, 2.45) is 0 Å². The second-order valence-electron chi connectivity index (χ2n) is 6.44. The Morgan fingerprint density at radius 2 is 2.28 bits per heavy atom. The number of ether oxygens (including phenoxy) is 1. The fourth-order valence-corrected chi connectivity index (χ4v) is 3.12. The Morgan fingerprint density at radius 3 is 2.96 bits per heavy atom. The van der Waals surface area contributed by atoms with Crippen LogP contribution in [0.25, 0.3) is 0 Å². The summed E-state index contributed by atoms with van der Waals surface area (Å²) in [6.07, 6.45) is 4.11. The lowest BCUT2D eigenvalue weighted by atomic mass is 10.2. The van der Waals surface area contributed by atoms with Gasteiger partial charge in [0.05, 0.1) is 11.8 Å². The molecule has 25 heavy (non-hydrogen) atoms. The minimum atomic E-state index is -0.361. The second kappa shape index (κ2) is 8.22. The van der Waals surface area contributed by atoms with Gasteiger partial charge in [0.2, 0.25) is 0 Å². The Balaban J connectivity index is 1.70. The molecule has 1 saturated heterocycles. The molecule has 3 rings (SSSR count). The highest BCUT2D eigenvalue weighted by Gasteiger charge is 2.20. The molecule has 1 atom stereocenters. The van der Waals surface area contributed by atoms with E-state index in [0.29, 0.717) is 25.3 Å². The van der Waals surface area contributed by atoms with Gasteiger partial charge in [-0.15, -0.1) is 0 Å². The SMILES string of the molecule is Cc1cc(=O)n(CCN(Cc2ccccn2)CC2CCCO2)c(=O)[nH]1. The van der Waals surface area contributed by atoms with Crippen molar-refractivity contribution in [1.82, 2.24) is 19.4 Å². The van der Waals surface area contributed by atoms with Crippen LogP contribution in [0.1, 0.15) is 24.2 Å². The van der Waals surface area contributed by atoms with E-state index in [1.165, 1.54) is 10.6 Å². The van der Waals surface area contributed by atoms with E-state index in [1.807, 2.05) is 18.2 Å².